The molecular formula is C24H26ClNO6S. The molecule has 0 bridgehead atoms. The number of ether oxygens (including phenoxy) is 1. The molecule has 0 aliphatic carbocycles. The van der Waals surface area contributed by atoms with Crippen LogP contribution in [0.3, 0.4) is 0 Å². The van der Waals surface area contributed by atoms with Crippen molar-refractivity contribution in [2.24, 2.45) is 5.92 Å². The van der Waals surface area contributed by atoms with Crippen molar-refractivity contribution in [2.45, 2.75) is 52.0 Å². The minimum Gasteiger partial charge on any atom is -0.424 e. The zero-order valence-corrected chi connectivity index (χ0v) is 20.6. The predicted molar refractivity (Wildman–Crippen MR) is 127 cm³/mol. The maximum Gasteiger partial charge on any atom is 0.339 e. The molecule has 2 atom stereocenters. The first kappa shape index (κ1) is 25.0. The van der Waals surface area contributed by atoms with Crippen LogP contribution in [0.5, 0.6) is 5.75 Å². The molecule has 0 aliphatic rings. The highest BCUT2D eigenvalue weighted by Crippen LogP contribution is 2.32. The second kappa shape index (κ2) is 9.67. The largest absolute Gasteiger partial charge is 0.424 e. The molecule has 0 amide bonds. The first-order chi connectivity index (χ1) is 15.4. The lowest BCUT2D eigenvalue weighted by molar-refractivity contribution is -0.137. The highest BCUT2D eigenvalue weighted by atomic mass is 35.5. The predicted octanol–water partition coefficient (Wildman–Crippen LogP) is 4.67. The summed E-state index contributed by atoms with van der Waals surface area (Å²) in [7, 11) is -3.97. The summed E-state index contributed by atoms with van der Waals surface area (Å²) in [5.74, 6) is -1.20. The molecule has 0 radical (unpaired) electrons. The standard InChI is InChI=1S/C24H26ClNO6S/c1-6-14(3)22(26-33(29,30)17-9-7-13(2)8-10-17)24(28)32-21-12-20-18(11-19(21)25)15(4)16(5)23(27)31-20/h7-12,14,22,26H,6H2,1-5H3. The van der Waals surface area contributed by atoms with Crippen LogP contribution in [-0.4, -0.2) is 20.4 Å². The number of carbonyl (C=O) groups is 1. The van der Waals surface area contributed by atoms with Crippen molar-refractivity contribution >= 4 is 38.6 Å². The monoisotopic (exact) mass is 491 g/mol. The number of nitrogens with one attached hydrogen (secondary N) is 1. The van der Waals surface area contributed by atoms with Crippen molar-refractivity contribution in [2.75, 3.05) is 0 Å². The molecule has 176 valence electrons. The van der Waals surface area contributed by atoms with Crippen molar-refractivity contribution in [1.82, 2.24) is 4.72 Å². The number of hydrogen-bond donors (Lipinski definition) is 1. The molecule has 0 saturated carbocycles. The molecule has 2 aromatic carbocycles. The van der Waals surface area contributed by atoms with Crippen LogP contribution in [0, 0.1) is 26.7 Å². The van der Waals surface area contributed by atoms with E-state index in [1.165, 1.54) is 18.2 Å². The van der Waals surface area contributed by atoms with E-state index in [0.29, 0.717) is 22.9 Å². The summed E-state index contributed by atoms with van der Waals surface area (Å²) in [6.07, 6.45) is 0.523. The third kappa shape index (κ3) is 5.29. The van der Waals surface area contributed by atoms with Crippen LogP contribution >= 0.6 is 11.6 Å². The number of aryl methyl sites for hydroxylation is 2. The van der Waals surface area contributed by atoms with Crippen LogP contribution in [0.25, 0.3) is 11.0 Å². The van der Waals surface area contributed by atoms with Crippen LogP contribution in [0.1, 0.15) is 37.0 Å². The zero-order chi connectivity index (χ0) is 24.5. The van der Waals surface area contributed by atoms with Gasteiger partial charge < -0.3 is 9.15 Å². The lowest BCUT2D eigenvalue weighted by atomic mass is 10.0. The smallest absolute Gasteiger partial charge is 0.339 e. The molecule has 0 saturated heterocycles. The van der Waals surface area contributed by atoms with Crippen molar-refractivity contribution in [1.29, 1.82) is 0 Å². The van der Waals surface area contributed by atoms with Crippen LogP contribution in [-0.2, 0) is 14.8 Å². The van der Waals surface area contributed by atoms with Gasteiger partial charge in [-0.1, -0.05) is 49.6 Å². The van der Waals surface area contributed by atoms with Gasteiger partial charge in [0.25, 0.3) is 0 Å². The van der Waals surface area contributed by atoms with Crippen LogP contribution in [0.2, 0.25) is 5.02 Å². The highest BCUT2D eigenvalue weighted by molar-refractivity contribution is 7.89. The fourth-order valence-corrected chi connectivity index (χ4v) is 4.77. The summed E-state index contributed by atoms with van der Waals surface area (Å²) in [6, 6.07) is 8.08. The second-order valence-corrected chi connectivity index (χ2v) is 10.3. The lowest BCUT2D eigenvalue weighted by Gasteiger charge is -2.23. The Kier molecular flexibility index (Phi) is 7.31. The van der Waals surface area contributed by atoms with E-state index in [0.717, 1.165) is 5.56 Å². The van der Waals surface area contributed by atoms with Gasteiger partial charge in [-0.3, -0.25) is 0 Å². The quantitative estimate of drug-likeness (QED) is 0.292. The third-order valence-electron chi connectivity index (χ3n) is 5.80. The fraction of sp³-hybridized carbons (Fsp3) is 0.333. The Balaban J connectivity index is 1.94. The maximum absolute atomic E-state index is 13.1. The van der Waals surface area contributed by atoms with E-state index < -0.39 is 27.7 Å². The second-order valence-electron chi connectivity index (χ2n) is 8.14. The van der Waals surface area contributed by atoms with E-state index in [1.807, 2.05) is 13.8 Å². The van der Waals surface area contributed by atoms with Crippen molar-refractivity contribution in [3.63, 3.8) is 0 Å². The van der Waals surface area contributed by atoms with Crippen molar-refractivity contribution in [3.8, 4) is 5.75 Å². The summed E-state index contributed by atoms with van der Waals surface area (Å²) in [6.45, 7) is 8.86. The van der Waals surface area contributed by atoms with Gasteiger partial charge in [0, 0.05) is 17.0 Å². The number of carbonyl (C=O) groups excluding carboxylic acids is 1. The van der Waals surface area contributed by atoms with E-state index in [1.54, 1.807) is 39.0 Å². The summed E-state index contributed by atoms with van der Waals surface area (Å²) >= 11 is 6.34. The molecule has 33 heavy (non-hydrogen) atoms. The van der Waals surface area contributed by atoms with Gasteiger partial charge >= 0.3 is 11.6 Å². The number of benzene rings is 2. The first-order valence-electron chi connectivity index (χ1n) is 10.5. The molecule has 0 aliphatic heterocycles. The van der Waals surface area contributed by atoms with Gasteiger partial charge in [0.05, 0.1) is 9.92 Å². The minimum atomic E-state index is -3.97. The normalized spacial score (nSPS) is 13.6. The molecule has 1 N–H and O–H groups in total. The van der Waals surface area contributed by atoms with E-state index in [9.17, 15) is 18.0 Å². The molecule has 1 heterocycles. The summed E-state index contributed by atoms with van der Waals surface area (Å²) in [5.41, 5.74) is 1.81. The van der Waals surface area contributed by atoms with Gasteiger partial charge in [-0.25, -0.2) is 18.0 Å². The number of sulfonamides is 1. The average Bonchev–Trinajstić information content (AvgIpc) is 2.77. The number of fused-ring (bicyclic) bond motifs is 1. The van der Waals surface area contributed by atoms with Crippen LogP contribution in [0.15, 0.2) is 50.5 Å². The van der Waals surface area contributed by atoms with Crippen molar-refractivity contribution < 1.29 is 22.4 Å². The van der Waals surface area contributed by atoms with Crippen LogP contribution < -0.4 is 15.1 Å². The Labute approximate surface area is 197 Å². The molecule has 9 heteroatoms. The van der Waals surface area contributed by atoms with Gasteiger partial charge in [0.1, 0.15) is 11.6 Å². The topological polar surface area (TPSA) is 103 Å². The number of rotatable bonds is 7. The third-order valence-corrected chi connectivity index (χ3v) is 7.55. The lowest BCUT2D eigenvalue weighted by Crippen LogP contribution is -2.46. The van der Waals surface area contributed by atoms with Gasteiger partial charge in [0.15, 0.2) is 5.75 Å². The van der Waals surface area contributed by atoms with Gasteiger partial charge in [-0.2, -0.15) is 4.72 Å². The van der Waals surface area contributed by atoms with Gasteiger partial charge in [-0.05, 0) is 50.5 Å². The minimum absolute atomic E-state index is 0.0246. The molecule has 3 aromatic rings. The number of hydrogen-bond acceptors (Lipinski definition) is 6. The van der Waals surface area contributed by atoms with Gasteiger partial charge in [-0.15, -0.1) is 0 Å². The molecule has 0 fully saturated rings. The van der Waals surface area contributed by atoms with E-state index in [-0.39, 0.29) is 27.2 Å². The maximum atomic E-state index is 13.1. The Bertz CT molecular complexity index is 1360. The fourth-order valence-electron chi connectivity index (χ4n) is 3.28. The van der Waals surface area contributed by atoms with E-state index in [2.05, 4.69) is 4.72 Å². The van der Waals surface area contributed by atoms with E-state index >= 15 is 0 Å². The Morgan fingerprint density at radius 1 is 1.12 bits per heavy atom. The number of halogens is 1. The van der Waals surface area contributed by atoms with Crippen molar-refractivity contribution in [3.05, 3.63) is 68.5 Å². The van der Waals surface area contributed by atoms with Gasteiger partial charge in [0.2, 0.25) is 10.0 Å². The Morgan fingerprint density at radius 2 is 1.76 bits per heavy atom. The summed E-state index contributed by atoms with van der Waals surface area (Å²) < 4.78 is 39.0. The Morgan fingerprint density at radius 3 is 2.36 bits per heavy atom. The summed E-state index contributed by atoms with van der Waals surface area (Å²) in [4.78, 5) is 25.1. The van der Waals surface area contributed by atoms with E-state index in [4.69, 9.17) is 20.8 Å². The molecule has 7 nitrogen and oxygen atoms in total. The molecular weight excluding hydrogens is 466 g/mol. The highest BCUT2D eigenvalue weighted by Gasteiger charge is 2.32. The zero-order valence-electron chi connectivity index (χ0n) is 19.1. The SMILES string of the molecule is CCC(C)C(NS(=O)(=O)c1ccc(C)cc1)C(=O)Oc1cc2oc(=O)c(C)c(C)c2cc1Cl. The average molecular weight is 492 g/mol. The molecule has 3 rings (SSSR count). The molecule has 0 spiro atoms. The Hall–Kier alpha value is -2.68. The number of esters is 1. The van der Waals surface area contributed by atoms with Crippen LogP contribution in [0.4, 0.5) is 0 Å². The molecule has 2 unspecified atom stereocenters. The molecule has 1 aromatic heterocycles. The first-order valence-corrected chi connectivity index (χ1v) is 12.3. The summed E-state index contributed by atoms with van der Waals surface area (Å²) in [5, 5.41) is 0.756.